The van der Waals surface area contributed by atoms with Gasteiger partial charge in [-0.15, -0.1) is 0 Å². The average Bonchev–Trinajstić information content (AvgIpc) is 3.24. The molecule has 27 heavy (non-hydrogen) atoms. The highest BCUT2D eigenvalue weighted by atomic mass is 32.2. The molecule has 2 aromatic rings. The Labute approximate surface area is 183 Å². The molecule has 2 aromatic heterocycles. The second kappa shape index (κ2) is 12.6. The molecular formula is C13H20N4O4S6. The number of ether oxygens (including phenoxy) is 2. The summed E-state index contributed by atoms with van der Waals surface area (Å²) in [6.07, 6.45) is -1.40. The molecule has 3 unspecified atom stereocenters. The van der Waals surface area contributed by atoms with Crippen molar-refractivity contribution in [2.45, 2.75) is 33.9 Å². The number of aromatic amines is 2. The first-order valence-electron chi connectivity index (χ1n) is 7.84. The summed E-state index contributed by atoms with van der Waals surface area (Å²) in [5, 5.41) is 33.3. The first-order chi connectivity index (χ1) is 12.9. The van der Waals surface area contributed by atoms with Crippen LogP contribution in [0.2, 0.25) is 0 Å². The molecule has 0 aliphatic rings. The Morgan fingerprint density at radius 1 is 0.963 bits per heavy atom. The normalized spacial score (nSPS) is 14.9. The van der Waals surface area contributed by atoms with Gasteiger partial charge in [0.05, 0.1) is 38.1 Å². The van der Waals surface area contributed by atoms with Crippen molar-refractivity contribution < 1.29 is 19.7 Å². The third-order valence-corrected chi connectivity index (χ3v) is 7.63. The van der Waals surface area contributed by atoms with Crippen LogP contribution in [0.5, 0.6) is 0 Å². The number of H-pyrrole nitrogens is 2. The quantitative estimate of drug-likeness (QED) is 0.248. The summed E-state index contributed by atoms with van der Waals surface area (Å²) < 4.78 is 13.9. The molecule has 0 aliphatic carbocycles. The number of aliphatic hydroxyl groups excluding tert-OH is 2. The summed E-state index contributed by atoms with van der Waals surface area (Å²) in [5.41, 5.74) is 0. The molecule has 0 fully saturated rings. The fraction of sp³-hybridized carbons (Fsp3) is 0.692. The first kappa shape index (κ1) is 23.4. The van der Waals surface area contributed by atoms with Gasteiger partial charge in [-0.2, -0.15) is 10.2 Å². The Balaban J connectivity index is 1.51. The van der Waals surface area contributed by atoms with Gasteiger partial charge in [-0.1, -0.05) is 46.2 Å². The smallest absolute Gasteiger partial charge is 0.177 e. The van der Waals surface area contributed by atoms with Crippen molar-refractivity contribution in [1.82, 2.24) is 20.4 Å². The van der Waals surface area contributed by atoms with Crippen LogP contribution >= 0.6 is 70.6 Å². The van der Waals surface area contributed by atoms with E-state index in [1.54, 1.807) is 0 Å². The number of rotatable bonds is 13. The molecule has 2 rings (SSSR count). The van der Waals surface area contributed by atoms with Crippen LogP contribution < -0.4 is 0 Å². The van der Waals surface area contributed by atoms with E-state index >= 15 is 0 Å². The van der Waals surface area contributed by atoms with Crippen molar-refractivity contribution in [3.63, 3.8) is 0 Å². The van der Waals surface area contributed by atoms with Gasteiger partial charge in [0.25, 0.3) is 0 Å². The molecule has 4 N–H and O–H groups in total. The van der Waals surface area contributed by atoms with E-state index in [0.717, 1.165) is 8.68 Å². The van der Waals surface area contributed by atoms with Gasteiger partial charge in [-0.05, 0) is 31.4 Å². The molecule has 0 aliphatic heterocycles. The SMILES string of the molecule is CC(COCC(O)CSc1n[nH]c(=S)s1)OCC(O)CSc1n[nH]c(=S)s1. The zero-order chi connectivity index (χ0) is 19.6. The highest BCUT2D eigenvalue weighted by Gasteiger charge is 2.12. The zero-order valence-corrected chi connectivity index (χ0v) is 19.2. The molecule has 0 amide bonds. The highest BCUT2D eigenvalue weighted by Crippen LogP contribution is 2.22. The molecule has 0 saturated heterocycles. The maximum absolute atomic E-state index is 9.96. The molecule has 8 nitrogen and oxygen atoms in total. The lowest BCUT2D eigenvalue weighted by Gasteiger charge is -2.17. The number of nitrogens with zero attached hydrogens (tertiary/aromatic N) is 2. The minimum Gasteiger partial charge on any atom is -0.390 e. The van der Waals surface area contributed by atoms with E-state index in [0.29, 0.717) is 26.0 Å². The van der Waals surface area contributed by atoms with E-state index in [9.17, 15) is 10.2 Å². The van der Waals surface area contributed by atoms with Gasteiger partial charge in [-0.3, -0.25) is 10.2 Å². The van der Waals surface area contributed by atoms with E-state index in [2.05, 4.69) is 20.4 Å². The Hall–Kier alpha value is 0.1000. The van der Waals surface area contributed by atoms with Crippen LogP contribution in [-0.2, 0) is 9.47 Å². The van der Waals surface area contributed by atoms with Crippen LogP contribution in [0.15, 0.2) is 8.68 Å². The summed E-state index contributed by atoms with van der Waals surface area (Å²) in [7, 11) is 0. The number of aromatic nitrogens is 4. The second-order valence-corrected chi connectivity index (χ2v) is 11.2. The maximum atomic E-state index is 9.96. The van der Waals surface area contributed by atoms with Gasteiger partial charge < -0.3 is 19.7 Å². The molecule has 14 heteroatoms. The predicted molar refractivity (Wildman–Crippen MR) is 114 cm³/mol. The van der Waals surface area contributed by atoms with Crippen LogP contribution in [0, 0.1) is 7.91 Å². The van der Waals surface area contributed by atoms with Crippen molar-refractivity contribution in [2.75, 3.05) is 31.3 Å². The minimum atomic E-state index is -0.610. The van der Waals surface area contributed by atoms with Gasteiger partial charge >= 0.3 is 0 Å². The van der Waals surface area contributed by atoms with Crippen LogP contribution in [0.3, 0.4) is 0 Å². The number of nitrogens with one attached hydrogen (secondary N) is 2. The van der Waals surface area contributed by atoms with Gasteiger partial charge in [0, 0.05) is 11.5 Å². The van der Waals surface area contributed by atoms with Gasteiger partial charge in [0.15, 0.2) is 16.6 Å². The zero-order valence-electron chi connectivity index (χ0n) is 14.3. The Morgan fingerprint density at radius 3 is 1.96 bits per heavy atom. The third-order valence-electron chi connectivity index (χ3n) is 2.87. The number of hydrogen-bond donors (Lipinski definition) is 4. The maximum Gasteiger partial charge on any atom is 0.177 e. The number of aliphatic hydroxyl groups is 2. The number of thioether (sulfide) groups is 2. The highest BCUT2D eigenvalue weighted by molar-refractivity contribution is 8.01. The van der Waals surface area contributed by atoms with E-state index in [1.807, 2.05) is 6.92 Å². The molecule has 0 bridgehead atoms. The van der Waals surface area contributed by atoms with Crippen molar-refractivity contribution in [2.24, 2.45) is 0 Å². The van der Waals surface area contributed by atoms with Gasteiger partial charge in [-0.25, -0.2) is 0 Å². The van der Waals surface area contributed by atoms with E-state index in [4.69, 9.17) is 33.9 Å². The lowest BCUT2D eigenvalue weighted by molar-refractivity contribution is -0.0479. The molecule has 0 saturated carbocycles. The standard InChI is InChI=1S/C13H20N4O4S6/c1-7(21-4-9(19)6-25-13-17-15-11(23)27-13)2-20-3-8(18)5-24-12-16-14-10(22)26-12/h7-9,18-19H,2-6H2,1H3,(H,14,22)(H,15,23). The molecule has 0 spiro atoms. The van der Waals surface area contributed by atoms with Crippen molar-refractivity contribution in [3.05, 3.63) is 7.91 Å². The Bertz CT molecular complexity index is 777. The largest absolute Gasteiger partial charge is 0.390 e. The fourth-order valence-corrected chi connectivity index (χ4v) is 5.71. The van der Waals surface area contributed by atoms with Crippen LogP contribution in [0.4, 0.5) is 0 Å². The van der Waals surface area contributed by atoms with E-state index in [-0.39, 0.29) is 19.3 Å². The molecule has 0 radical (unpaired) electrons. The average molecular weight is 489 g/mol. The summed E-state index contributed by atoms with van der Waals surface area (Å²) in [6.45, 7) is 2.61. The lowest BCUT2D eigenvalue weighted by atomic mass is 10.4. The summed E-state index contributed by atoms with van der Waals surface area (Å²) in [5.74, 6) is 0.946. The lowest BCUT2D eigenvalue weighted by Crippen LogP contribution is -2.26. The molecular weight excluding hydrogens is 469 g/mol. The first-order valence-corrected chi connectivity index (χ1v) is 12.3. The van der Waals surface area contributed by atoms with Gasteiger partial charge in [0.2, 0.25) is 0 Å². The van der Waals surface area contributed by atoms with E-state index in [1.165, 1.54) is 46.2 Å². The topological polar surface area (TPSA) is 116 Å². The van der Waals surface area contributed by atoms with Crippen molar-refractivity contribution in [3.8, 4) is 0 Å². The monoisotopic (exact) mass is 488 g/mol. The van der Waals surface area contributed by atoms with Crippen molar-refractivity contribution >= 4 is 70.6 Å². The summed E-state index contributed by atoms with van der Waals surface area (Å²) in [6, 6.07) is 0. The number of hydrogen-bond acceptors (Lipinski definition) is 12. The van der Waals surface area contributed by atoms with Crippen LogP contribution in [0.1, 0.15) is 6.92 Å². The molecule has 2 heterocycles. The third kappa shape index (κ3) is 9.92. The summed E-state index contributed by atoms with van der Waals surface area (Å²) >= 11 is 15.5. The van der Waals surface area contributed by atoms with Crippen molar-refractivity contribution in [1.29, 1.82) is 0 Å². The fourth-order valence-electron chi connectivity index (χ4n) is 1.68. The predicted octanol–water partition coefficient (Wildman–Crippen LogP) is 2.74. The van der Waals surface area contributed by atoms with Gasteiger partial charge in [0.1, 0.15) is 0 Å². The Morgan fingerprint density at radius 2 is 1.48 bits per heavy atom. The Kier molecular flexibility index (Phi) is 10.9. The molecule has 3 atom stereocenters. The minimum absolute atomic E-state index is 0.187. The second-order valence-electron chi connectivity index (χ2n) is 5.37. The van der Waals surface area contributed by atoms with E-state index < -0.39 is 12.2 Å². The van der Waals surface area contributed by atoms with Crippen LogP contribution in [-0.4, -0.2) is 80.2 Å². The molecule has 152 valence electrons. The molecule has 0 aromatic carbocycles. The van der Waals surface area contributed by atoms with Crippen LogP contribution in [0.25, 0.3) is 0 Å². The summed E-state index contributed by atoms with van der Waals surface area (Å²) in [4.78, 5) is 0.